The monoisotopic (exact) mass is 300 g/mol. The van der Waals surface area contributed by atoms with Crippen molar-refractivity contribution in [1.82, 2.24) is 4.90 Å². The third kappa shape index (κ3) is 3.26. The molecular formula is C18H24N2O2. The molecule has 0 bridgehead atoms. The van der Waals surface area contributed by atoms with E-state index in [9.17, 15) is 4.79 Å². The molecule has 0 radical (unpaired) electrons. The van der Waals surface area contributed by atoms with Crippen molar-refractivity contribution >= 4 is 11.6 Å². The van der Waals surface area contributed by atoms with Gasteiger partial charge in [0.05, 0.1) is 12.8 Å². The van der Waals surface area contributed by atoms with Crippen molar-refractivity contribution in [1.29, 1.82) is 0 Å². The second kappa shape index (κ2) is 6.86. The fourth-order valence-corrected chi connectivity index (χ4v) is 3.31. The molecule has 1 aliphatic carbocycles. The van der Waals surface area contributed by atoms with E-state index in [2.05, 4.69) is 23.1 Å². The number of nitrogens with zero attached hydrogens (tertiary/aromatic N) is 2. The van der Waals surface area contributed by atoms with E-state index < -0.39 is 0 Å². The Labute approximate surface area is 132 Å². The zero-order valence-corrected chi connectivity index (χ0v) is 13.2. The molecule has 3 rings (SSSR count). The minimum atomic E-state index is 0.302. The van der Waals surface area contributed by atoms with Crippen LogP contribution in [0.5, 0.6) is 5.75 Å². The average Bonchev–Trinajstić information content (AvgIpc) is 3.08. The summed E-state index contributed by atoms with van der Waals surface area (Å²) in [6.45, 7) is 3.33. The summed E-state index contributed by atoms with van der Waals surface area (Å²) >= 11 is 0. The second-order valence-corrected chi connectivity index (χ2v) is 6.01. The van der Waals surface area contributed by atoms with Crippen molar-refractivity contribution in [3.63, 3.8) is 0 Å². The molecule has 1 heterocycles. The lowest BCUT2D eigenvalue weighted by atomic mass is 10.0. The van der Waals surface area contributed by atoms with E-state index in [1.54, 1.807) is 7.11 Å². The maximum absolute atomic E-state index is 12.4. The van der Waals surface area contributed by atoms with Crippen LogP contribution in [0, 0.1) is 5.92 Å². The molecule has 1 amide bonds. The predicted molar refractivity (Wildman–Crippen MR) is 88.3 cm³/mol. The van der Waals surface area contributed by atoms with E-state index in [1.165, 1.54) is 0 Å². The van der Waals surface area contributed by atoms with Crippen LogP contribution in [0.3, 0.4) is 0 Å². The van der Waals surface area contributed by atoms with E-state index >= 15 is 0 Å². The number of anilines is 1. The van der Waals surface area contributed by atoms with Gasteiger partial charge in [0.15, 0.2) is 0 Å². The van der Waals surface area contributed by atoms with E-state index in [-0.39, 0.29) is 0 Å². The molecular weight excluding hydrogens is 276 g/mol. The SMILES string of the molecule is COc1ccccc1N1CCN(C(=O)CC2C=CCC2)CC1. The molecule has 4 nitrogen and oxygen atoms in total. The zero-order valence-electron chi connectivity index (χ0n) is 13.2. The summed E-state index contributed by atoms with van der Waals surface area (Å²) in [6, 6.07) is 8.08. The first-order valence-corrected chi connectivity index (χ1v) is 8.10. The Hall–Kier alpha value is -1.97. The average molecular weight is 300 g/mol. The molecule has 1 aliphatic heterocycles. The van der Waals surface area contributed by atoms with Crippen LogP contribution >= 0.6 is 0 Å². The smallest absolute Gasteiger partial charge is 0.223 e. The van der Waals surface area contributed by atoms with Gasteiger partial charge < -0.3 is 14.5 Å². The first kappa shape index (κ1) is 14.9. The van der Waals surface area contributed by atoms with Crippen molar-refractivity contribution in [3.05, 3.63) is 36.4 Å². The molecule has 1 atom stereocenters. The van der Waals surface area contributed by atoms with Crippen LogP contribution in [0.15, 0.2) is 36.4 Å². The van der Waals surface area contributed by atoms with Crippen molar-refractivity contribution in [2.45, 2.75) is 19.3 Å². The number of carbonyl (C=O) groups is 1. The van der Waals surface area contributed by atoms with E-state index in [1.807, 2.05) is 23.1 Å². The largest absolute Gasteiger partial charge is 0.495 e. The number of ether oxygens (including phenoxy) is 1. The lowest BCUT2D eigenvalue weighted by Crippen LogP contribution is -2.49. The zero-order chi connectivity index (χ0) is 15.4. The molecule has 0 N–H and O–H groups in total. The quantitative estimate of drug-likeness (QED) is 0.802. The molecule has 0 spiro atoms. The molecule has 1 saturated heterocycles. The van der Waals surface area contributed by atoms with Crippen LogP contribution in [0.2, 0.25) is 0 Å². The molecule has 1 unspecified atom stereocenters. The number of allylic oxidation sites excluding steroid dienone is 2. The van der Waals surface area contributed by atoms with Gasteiger partial charge in [-0.25, -0.2) is 0 Å². The fourth-order valence-electron chi connectivity index (χ4n) is 3.31. The number of amides is 1. The second-order valence-electron chi connectivity index (χ2n) is 6.01. The van der Waals surface area contributed by atoms with Gasteiger partial charge in [0.25, 0.3) is 0 Å². The van der Waals surface area contributed by atoms with Gasteiger partial charge in [0.2, 0.25) is 5.91 Å². The van der Waals surface area contributed by atoms with Gasteiger partial charge in [0.1, 0.15) is 5.75 Å². The maximum atomic E-state index is 12.4. The van der Waals surface area contributed by atoms with Crippen LogP contribution in [-0.2, 0) is 4.79 Å². The van der Waals surface area contributed by atoms with Gasteiger partial charge in [-0.2, -0.15) is 0 Å². The first-order valence-electron chi connectivity index (χ1n) is 8.10. The summed E-state index contributed by atoms with van der Waals surface area (Å²) < 4.78 is 5.43. The molecule has 1 aromatic carbocycles. The van der Waals surface area contributed by atoms with Crippen molar-refractivity contribution in [2.75, 3.05) is 38.2 Å². The maximum Gasteiger partial charge on any atom is 0.223 e. The number of hydrogen-bond donors (Lipinski definition) is 0. The molecule has 1 aromatic rings. The van der Waals surface area contributed by atoms with Gasteiger partial charge in [-0.05, 0) is 30.9 Å². The Bertz CT molecular complexity index is 548. The Kier molecular flexibility index (Phi) is 4.66. The summed E-state index contributed by atoms with van der Waals surface area (Å²) in [7, 11) is 1.70. The van der Waals surface area contributed by atoms with Crippen LogP contribution in [0.25, 0.3) is 0 Å². The normalized spacial score (nSPS) is 21.2. The third-order valence-electron chi connectivity index (χ3n) is 4.61. The summed E-state index contributed by atoms with van der Waals surface area (Å²) in [5.41, 5.74) is 1.12. The highest BCUT2D eigenvalue weighted by Gasteiger charge is 2.24. The van der Waals surface area contributed by atoms with Crippen molar-refractivity contribution in [3.8, 4) is 5.75 Å². The predicted octanol–water partition coefficient (Wildman–Crippen LogP) is 2.70. The molecule has 22 heavy (non-hydrogen) atoms. The minimum absolute atomic E-state index is 0.302. The first-order chi connectivity index (χ1) is 10.8. The summed E-state index contributed by atoms with van der Waals surface area (Å²) in [5, 5.41) is 0. The van der Waals surface area contributed by atoms with Crippen molar-refractivity contribution in [2.24, 2.45) is 5.92 Å². The van der Waals surface area contributed by atoms with E-state index in [0.717, 1.165) is 50.5 Å². The van der Waals surface area contributed by atoms with Gasteiger partial charge in [-0.1, -0.05) is 24.3 Å². The lowest BCUT2D eigenvalue weighted by Gasteiger charge is -2.37. The van der Waals surface area contributed by atoms with Crippen molar-refractivity contribution < 1.29 is 9.53 Å². The number of carbonyl (C=O) groups excluding carboxylic acids is 1. The van der Waals surface area contributed by atoms with Gasteiger partial charge in [0, 0.05) is 32.6 Å². The van der Waals surface area contributed by atoms with Crippen LogP contribution in [-0.4, -0.2) is 44.1 Å². The van der Waals surface area contributed by atoms with Crippen LogP contribution in [0.1, 0.15) is 19.3 Å². The van der Waals surface area contributed by atoms with E-state index in [0.29, 0.717) is 18.2 Å². The van der Waals surface area contributed by atoms with E-state index in [4.69, 9.17) is 4.74 Å². The Balaban J connectivity index is 1.55. The number of hydrogen-bond acceptors (Lipinski definition) is 3. The van der Waals surface area contributed by atoms with Gasteiger partial charge >= 0.3 is 0 Å². The molecule has 0 saturated carbocycles. The van der Waals surface area contributed by atoms with Gasteiger partial charge in [-0.15, -0.1) is 0 Å². The number of para-hydroxylation sites is 2. The highest BCUT2D eigenvalue weighted by Crippen LogP contribution is 2.28. The topological polar surface area (TPSA) is 32.8 Å². The number of piperazine rings is 1. The highest BCUT2D eigenvalue weighted by atomic mass is 16.5. The summed E-state index contributed by atoms with van der Waals surface area (Å²) in [6.07, 6.45) is 7.32. The Morgan fingerprint density at radius 1 is 1.23 bits per heavy atom. The van der Waals surface area contributed by atoms with Gasteiger partial charge in [-0.3, -0.25) is 4.79 Å². The Morgan fingerprint density at radius 2 is 2.00 bits per heavy atom. The molecule has 1 fully saturated rings. The molecule has 0 aromatic heterocycles. The lowest BCUT2D eigenvalue weighted by molar-refractivity contribution is -0.132. The molecule has 2 aliphatic rings. The third-order valence-corrected chi connectivity index (χ3v) is 4.61. The van der Waals surface area contributed by atoms with Crippen LogP contribution in [0.4, 0.5) is 5.69 Å². The van der Waals surface area contributed by atoms with Crippen LogP contribution < -0.4 is 9.64 Å². The fraction of sp³-hybridized carbons (Fsp3) is 0.500. The number of rotatable bonds is 4. The number of methoxy groups -OCH3 is 1. The molecule has 118 valence electrons. The summed E-state index contributed by atoms with van der Waals surface area (Å²) in [4.78, 5) is 16.7. The standard InChI is InChI=1S/C18H24N2O2/c1-22-17-9-5-4-8-16(17)19-10-12-20(13-11-19)18(21)14-15-6-2-3-7-15/h2,4-6,8-9,15H,3,7,10-14H2,1H3. The minimum Gasteiger partial charge on any atom is -0.495 e. The summed E-state index contributed by atoms with van der Waals surface area (Å²) in [5.74, 6) is 1.66. The highest BCUT2D eigenvalue weighted by molar-refractivity contribution is 5.77. The molecule has 4 heteroatoms. The number of benzene rings is 1. The Morgan fingerprint density at radius 3 is 2.68 bits per heavy atom.